The summed E-state index contributed by atoms with van der Waals surface area (Å²) in [6.07, 6.45) is 0. The Morgan fingerprint density at radius 1 is 0.857 bits per heavy atom. The number of fused-ring (bicyclic) bond motifs is 1. The quantitative estimate of drug-likeness (QED) is 0.574. The van der Waals surface area contributed by atoms with E-state index in [1.807, 2.05) is 26.8 Å². The van der Waals surface area contributed by atoms with Gasteiger partial charge in [0.1, 0.15) is 0 Å². The molecule has 3 rings (SSSR count). The Morgan fingerprint density at radius 2 is 1.43 bits per heavy atom. The maximum absolute atomic E-state index is 12.9. The van der Waals surface area contributed by atoms with Crippen LogP contribution in [0, 0.1) is 5.41 Å². The van der Waals surface area contributed by atoms with Gasteiger partial charge >= 0.3 is 0 Å². The van der Waals surface area contributed by atoms with E-state index < -0.39 is 15.4 Å². The van der Waals surface area contributed by atoms with Crippen LogP contribution in [0.25, 0.3) is 10.8 Å². The van der Waals surface area contributed by atoms with Gasteiger partial charge in [-0.05, 0) is 36.4 Å². The Bertz CT molecular complexity index is 1130. The summed E-state index contributed by atoms with van der Waals surface area (Å²) in [5.41, 5.74) is 6.96. The van der Waals surface area contributed by atoms with Gasteiger partial charge in [-0.3, -0.25) is 9.52 Å². The SMILES string of the molecule is CC(C)(C)C(=O)Nc1ccc(NS(=O)(=O)c2ccc(N)c3ccccc23)cc1. The lowest BCUT2D eigenvalue weighted by atomic mass is 9.95. The van der Waals surface area contributed by atoms with Crippen molar-refractivity contribution in [2.45, 2.75) is 25.7 Å². The molecule has 4 N–H and O–H groups in total. The van der Waals surface area contributed by atoms with Gasteiger partial charge in [0.05, 0.1) is 4.90 Å². The monoisotopic (exact) mass is 397 g/mol. The maximum Gasteiger partial charge on any atom is 0.262 e. The standard InChI is InChI=1S/C21H23N3O3S/c1-21(2,3)20(25)23-14-8-10-15(11-9-14)24-28(26,27)19-13-12-18(22)16-6-4-5-7-17(16)19/h4-13,24H,22H2,1-3H3,(H,23,25). The fourth-order valence-electron chi connectivity index (χ4n) is 2.68. The highest BCUT2D eigenvalue weighted by molar-refractivity contribution is 7.93. The van der Waals surface area contributed by atoms with Gasteiger partial charge in [-0.2, -0.15) is 0 Å². The third-order valence-electron chi connectivity index (χ3n) is 4.28. The summed E-state index contributed by atoms with van der Waals surface area (Å²) in [6.45, 7) is 5.46. The molecular formula is C21H23N3O3S. The van der Waals surface area contributed by atoms with Crippen LogP contribution in [-0.2, 0) is 14.8 Å². The highest BCUT2D eigenvalue weighted by Crippen LogP contribution is 2.29. The largest absolute Gasteiger partial charge is 0.398 e. The van der Waals surface area contributed by atoms with Gasteiger partial charge in [-0.1, -0.05) is 45.0 Å². The van der Waals surface area contributed by atoms with Crippen LogP contribution in [0.15, 0.2) is 65.6 Å². The van der Waals surface area contributed by atoms with Gasteiger partial charge in [0.25, 0.3) is 10.0 Å². The van der Waals surface area contributed by atoms with Crippen molar-refractivity contribution in [3.63, 3.8) is 0 Å². The van der Waals surface area contributed by atoms with Gasteiger partial charge in [-0.15, -0.1) is 0 Å². The van der Waals surface area contributed by atoms with Gasteiger partial charge in [0, 0.05) is 33.2 Å². The predicted molar refractivity (Wildman–Crippen MR) is 114 cm³/mol. The Labute approximate surface area is 164 Å². The van der Waals surface area contributed by atoms with Gasteiger partial charge < -0.3 is 11.1 Å². The molecule has 3 aromatic rings. The average molecular weight is 398 g/mol. The second-order valence-electron chi connectivity index (χ2n) is 7.59. The summed E-state index contributed by atoms with van der Waals surface area (Å²) >= 11 is 0. The molecule has 0 bridgehead atoms. The van der Waals surface area contributed by atoms with Crippen molar-refractivity contribution in [1.29, 1.82) is 0 Å². The van der Waals surface area contributed by atoms with Crippen LogP contribution >= 0.6 is 0 Å². The summed E-state index contributed by atoms with van der Waals surface area (Å²) in [5.74, 6) is -0.117. The zero-order chi connectivity index (χ0) is 20.5. The molecule has 28 heavy (non-hydrogen) atoms. The van der Waals surface area contributed by atoms with Gasteiger partial charge in [0.2, 0.25) is 5.91 Å². The third-order valence-corrected chi connectivity index (χ3v) is 5.72. The van der Waals surface area contributed by atoms with Crippen LogP contribution in [0.3, 0.4) is 0 Å². The Kier molecular flexibility index (Phi) is 5.04. The number of hydrogen-bond acceptors (Lipinski definition) is 4. The predicted octanol–water partition coefficient (Wildman–Crippen LogP) is 4.21. The van der Waals surface area contributed by atoms with E-state index in [9.17, 15) is 13.2 Å². The highest BCUT2D eigenvalue weighted by atomic mass is 32.2. The summed E-state index contributed by atoms with van der Waals surface area (Å²) in [7, 11) is -3.81. The molecule has 7 heteroatoms. The number of amides is 1. The molecule has 0 saturated heterocycles. The molecule has 0 aromatic heterocycles. The molecule has 0 heterocycles. The number of nitrogen functional groups attached to an aromatic ring is 1. The van der Waals surface area contributed by atoms with E-state index in [1.165, 1.54) is 6.07 Å². The van der Waals surface area contributed by atoms with E-state index in [4.69, 9.17) is 5.73 Å². The molecule has 146 valence electrons. The molecule has 0 unspecified atom stereocenters. The lowest BCUT2D eigenvalue weighted by molar-refractivity contribution is -0.123. The zero-order valence-corrected chi connectivity index (χ0v) is 16.8. The molecule has 6 nitrogen and oxygen atoms in total. The first-order chi connectivity index (χ1) is 13.1. The molecule has 0 radical (unpaired) electrons. The second-order valence-corrected chi connectivity index (χ2v) is 9.24. The number of carbonyl (C=O) groups excluding carboxylic acids is 1. The molecule has 1 amide bonds. The van der Waals surface area contributed by atoms with Crippen molar-refractivity contribution in [3.05, 3.63) is 60.7 Å². The summed E-state index contributed by atoms with van der Waals surface area (Å²) in [5, 5.41) is 4.05. The Hall–Kier alpha value is -3.06. The Morgan fingerprint density at radius 3 is 2.04 bits per heavy atom. The van der Waals surface area contributed by atoms with E-state index in [-0.39, 0.29) is 10.8 Å². The smallest absolute Gasteiger partial charge is 0.262 e. The number of carbonyl (C=O) groups is 1. The third kappa shape index (κ3) is 4.09. The fraction of sp³-hybridized carbons (Fsp3) is 0.190. The number of nitrogens with two attached hydrogens (primary N) is 1. The molecular weight excluding hydrogens is 374 g/mol. The normalized spacial score (nSPS) is 12.0. The van der Waals surface area contributed by atoms with E-state index >= 15 is 0 Å². The van der Waals surface area contributed by atoms with Crippen LogP contribution < -0.4 is 15.8 Å². The number of rotatable bonds is 4. The zero-order valence-electron chi connectivity index (χ0n) is 16.0. The van der Waals surface area contributed by atoms with Crippen LogP contribution in [0.1, 0.15) is 20.8 Å². The topological polar surface area (TPSA) is 101 Å². The summed E-state index contributed by atoms with van der Waals surface area (Å²) in [4.78, 5) is 12.2. The van der Waals surface area contributed by atoms with Crippen LogP contribution in [0.5, 0.6) is 0 Å². The molecule has 0 spiro atoms. The lowest BCUT2D eigenvalue weighted by Gasteiger charge is -2.18. The average Bonchev–Trinajstić information content (AvgIpc) is 2.62. The summed E-state index contributed by atoms with van der Waals surface area (Å²) < 4.78 is 28.4. The first-order valence-electron chi connectivity index (χ1n) is 8.79. The number of anilines is 3. The van der Waals surface area contributed by atoms with Crippen molar-refractivity contribution >= 4 is 43.8 Å². The molecule has 0 fully saturated rings. The first-order valence-corrected chi connectivity index (χ1v) is 10.3. The van der Waals surface area contributed by atoms with Crippen LogP contribution in [0.2, 0.25) is 0 Å². The van der Waals surface area contributed by atoms with E-state index in [0.29, 0.717) is 27.8 Å². The minimum absolute atomic E-state index is 0.117. The second kappa shape index (κ2) is 7.16. The van der Waals surface area contributed by atoms with Crippen molar-refractivity contribution in [2.24, 2.45) is 5.41 Å². The molecule has 3 aromatic carbocycles. The van der Waals surface area contributed by atoms with Crippen LogP contribution in [-0.4, -0.2) is 14.3 Å². The molecule has 0 atom stereocenters. The first kappa shape index (κ1) is 19.7. The molecule has 0 saturated carbocycles. The van der Waals surface area contributed by atoms with Crippen molar-refractivity contribution in [1.82, 2.24) is 0 Å². The molecule has 0 aliphatic carbocycles. The van der Waals surface area contributed by atoms with Crippen LogP contribution in [0.4, 0.5) is 17.1 Å². The fourth-order valence-corrected chi connectivity index (χ4v) is 3.95. The van der Waals surface area contributed by atoms with E-state index in [1.54, 1.807) is 48.5 Å². The number of benzene rings is 3. The number of hydrogen-bond donors (Lipinski definition) is 3. The minimum Gasteiger partial charge on any atom is -0.398 e. The van der Waals surface area contributed by atoms with E-state index in [0.717, 1.165) is 0 Å². The number of nitrogens with one attached hydrogen (secondary N) is 2. The minimum atomic E-state index is -3.81. The Balaban J connectivity index is 1.86. The maximum atomic E-state index is 12.9. The lowest BCUT2D eigenvalue weighted by Crippen LogP contribution is -2.27. The van der Waals surface area contributed by atoms with Crippen molar-refractivity contribution in [2.75, 3.05) is 15.8 Å². The van der Waals surface area contributed by atoms with Gasteiger partial charge in [0.15, 0.2) is 0 Å². The highest BCUT2D eigenvalue weighted by Gasteiger charge is 2.21. The summed E-state index contributed by atoms with van der Waals surface area (Å²) in [6, 6.07) is 16.7. The van der Waals surface area contributed by atoms with Crippen molar-refractivity contribution in [3.8, 4) is 0 Å². The van der Waals surface area contributed by atoms with E-state index in [2.05, 4.69) is 10.0 Å². The molecule has 0 aliphatic rings. The number of sulfonamides is 1. The van der Waals surface area contributed by atoms with Gasteiger partial charge in [-0.25, -0.2) is 8.42 Å². The van der Waals surface area contributed by atoms with Crippen molar-refractivity contribution < 1.29 is 13.2 Å². The molecule has 0 aliphatic heterocycles.